The minimum Gasteiger partial charge on any atom is -0.322 e. The first-order valence-electron chi connectivity index (χ1n) is 7.83. The molecule has 6 nitrogen and oxygen atoms in total. The predicted octanol–water partition coefficient (Wildman–Crippen LogP) is 1.54. The van der Waals surface area contributed by atoms with Gasteiger partial charge in [0.25, 0.3) is 0 Å². The molecule has 0 radical (unpaired) electrons. The Bertz CT molecular complexity index is 427. The standard InChI is InChI=1S/C15H29N5O/c1-5-12(4)14(16)15(21)18-13-10-17-20(11-13)9-8-19(6-2)7-3/h10-12,14H,5-9,16H2,1-4H3,(H,18,21)/t12-,14-/m0/s1. The summed E-state index contributed by atoms with van der Waals surface area (Å²) in [5.74, 6) is 0.0235. The summed E-state index contributed by atoms with van der Waals surface area (Å²) in [7, 11) is 0. The van der Waals surface area contributed by atoms with Gasteiger partial charge >= 0.3 is 0 Å². The number of aromatic nitrogens is 2. The lowest BCUT2D eigenvalue weighted by Crippen LogP contribution is -2.40. The molecular formula is C15H29N5O. The maximum atomic E-state index is 12.0. The first-order valence-corrected chi connectivity index (χ1v) is 7.83. The van der Waals surface area contributed by atoms with Crippen molar-refractivity contribution in [3.8, 4) is 0 Å². The fourth-order valence-electron chi connectivity index (χ4n) is 2.07. The van der Waals surface area contributed by atoms with Gasteiger partial charge < -0.3 is 16.0 Å². The predicted molar refractivity (Wildman–Crippen MR) is 86.1 cm³/mol. The molecule has 1 rings (SSSR count). The number of carbonyl (C=O) groups is 1. The first-order chi connectivity index (χ1) is 10.0. The summed E-state index contributed by atoms with van der Waals surface area (Å²) in [5.41, 5.74) is 6.62. The van der Waals surface area contributed by atoms with Crippen LogP contribution in [0.25, 0.3) is 0 Å². The molecule has 120 valence electrons. The highest BCUT2D eigenvalue weighted by Crippen LogP contribution is 2.10. The number of nitrogens with zero attached hydrogens (tertiary/aromatic N) is 3. The number of anilines is 1. The molecule has 21 heavy (non-hydrogen) atoms. The Morgan fingerprint density at radius 3 is 2.67 bits per heavy atom. The Kier molecular flexibility index (Phi) is 7.39. The summed E-state index contributed by atoms with van der Waals surface area (Å²) in [4.78, 5) is 14.3. The van der Waals surface area contributed by atoms with E-state index in [1.54, 1.807) is 6.20 Å². The topological polar surface area (TPSA) is 76.2 Å². The third-order valence-electron chi connectivity index (χ3n) is 4.00. The maximum absolute atomic E-state index is 12.0. The van der Waals surface area contributed by atoms with Crippen LogP contribution < -0.4 is 11.1 Å². The molecule has 2 atom stereocenters. The summed E-state index contributed by atoms with van der Waals surface area (Å²) in [6.45, 7) is 12.1. The van der Waals surface area contributed by atoms with Crippen LogP contribution in [0.1, 0.15) is 34.1 Å². The van der Waals surface area contributed by atoms with E-state index >= 15 is 0 Å². The number of rotatable bonds is 9. The van der Waals surface area contributed by atoms with Gasteiger partial charge in [0.05, 0.1) is 24.5 Å². The summed E-state index contributed by atoms with van der Waals surface area (Å²) in [6.07, 6.45) is 4.41. The normalized spacial score (nSPS) is 14.2. The SMILES string of the molecule is CC[C@H](C)[C@H](N)C(=O)Nc1cnn(CCN(CC)CC)c1. The van der Waals surface area contributed by atoms with E-state index in [1.165, 1.54) is 0 Å². The second-order valence-corrected chi connectivity index (χ2v) is 5.42. The van der Waals surface area contributed by atoms with Crippen molar-refractivity contribution >= 4 is 11.6 Å². The van der Waals surface area contributed by atoms with Crippen LogP contribution in [0, 0.1) is 5.92 Å². The zero-order valence-electron chi connectivity index (χ0n) is 13.7. The number of nitrogens with two attached hydrogens (primary N) is 1. The van der Waals surface area contributed by atoms with E-state index in [1.807, 2.05) is 24.7 Å². The average molecular weight is 295 g/mol. The van der Waals surface area contributed by atoms with Crippen molar-refractivity contribution < 1.29 is 4.79 Å². The van der Waals surface area contributed by atoms with Crippen molar-refractivity contribution in [1.29, 1.82) is 0 Å². The van der Waals surface area contributed by atoms with E-state index in [2.05, 4.69) is 29.2 Å². The van der Waals surface area contributed by atoms with Gasteiger partial charge in [0.2, 0.25) is 5.91 Å². The van der Waals surface area contributed by atoms with Gasteiger partial charge in [-0.25, -0.2) is 0 Å². The van der Waals surface area contributed by atoms with Gasteiger partial charge in [0.15, 0.2) is 0 Å². The number of hydrogen-bond acceptors (Lipinski definition) is 4. The van der Waals surface area contributed by atoms with Gasteiger partial charge in [-0.05, 0) is 19.0 Å². The molecule has 0 saturated heterocycles. The minimum atomic E-state index is -0.478. The highest BCUT2D eigenvalue weighted by Gasteiger charge is 2.19. The number of amides is 1. The lowest BCUT2D eigenvalue weighted by molar-refractivity contribution is -0.118. The lowest BCUT2D eigenvalue weighted by Gasteiger charge is -2.17. The van der Waals surface area contributed by atoms with Crippen LogP contribution in [0.2, 0.25) is 0 Å². The van der Waals surface area contributed by atoms with Gasteiger partial charge in [-0.3, -0.25) is 9.48 Å². The van der Waals surface area contributed by atoms with Gasteiger partial charge in [-0.1, -0.05) is 34.1 Å². The number of nitrogens with one attached hydrogen (secondary N) is 1. The maximum Gasteiger partial charge on any atom is 0.241 e. The molecule has 1 aromatic rings. The van der Waals surface area contributed by atoms with Gasteiger partial charge in [0.1, 0.15) is 0 Å². The number of hydrogen-bond donors (Lipinski definition) is 2. The third kappa shape index (κ3) is 5.47. The Labute approximate surface area is 127 Å². The Morgan fingerprint density at radius 2 is 2.10 bits per heavy atom. The number of likely N-dealkylation sites (N-methyl/N-ethyl adjacent to an activating group) is 1. The second-order valence-electron chi connectivity index (χ2n) is 5.42. The fourth-order valence-corrected chi connectivity index (χ4v) is 2.07. The molecule has 0 fully saturated rings. The van der Waals surface area contributed by atoms with Crippen molar-refractivity contribution in [3.05, 3.63) is 12.4 Å². The molecule has 6 heteroatoms. The van der Waals surface area contributed by atoms with Gasteiger partial charge in [0, 0.05) is 12.7 Å². The van der Waals surface area contributed by atoms with Crippen LogP contribution in [0.5, 0.6) is 0 Å². The Morgan fingerprint density at radius 1 is 1.43 bits per heavy atom. The molecule has 1 heterocycles. The van der Waals surface area contributed by atoms with Crippen LogP contribution in [-0.2, 0) is 11.3 Å². The fraction of sp³-hybridized carbons (Fsp3) is 0.733. The number of carbonyl (C=O) groups excluding carboxylic acids is 1. The highest BCUT2D eigenvalue weighted by molar-refractivity contribution is 5.94. The van der Waals surface area contributed by atoms with E-state index in [0.717, 1.165) is 32.6 Å². The Balaban J connectivity index is 2.50. The molecule has 0 aliphatic heterocycles. The van der Waals surface area contributed by atoms with Crippen LogP contribution in [0.15, 0.2) is 12.4 Å². The van der Waals surface area contributed by atoms with E-state index in [4.69, 9.17) is 5.73 Å². The van der Waals surface area contributed by atoms with Crippen molar-refractivity contribution in [3.63, 3.8) is 0 Å². The van der Waals surface area contributed by atoms with Crippen LogP contribution in [-0.4, -0.2) is 46.3 Å². The zero-order valence-corrected chi connectivity index (χ0v) is 13.7. The Hall–Kier alpha value is -1.40. The average Bonchev–Trinajstić information content (AvgIpc) is 2.94. The highest BCUT2D eigenvalue weighted by atomic mass is 16.2. The third-order valence-corrected chi connectivity index (χ3v) is 4.00. The van der Waals surface area contributed by atoms with Crippen molar-refractivity contribution in [2.24, 2.45) is 11.7 Å². The van der Waals surface area contributed by atoms with Crippen LogP contribution in [0.3, 0.4) is 0 Å². The molecule has 0 saturated carbocycles. The van der Waals surface area contributed by atoms with E-state index in [-0.39, 0.29) is 11.8 Å². The van der Waals surface area contributed by atoms with Crippen molar-refractivity contribution in [1.82, 2.24) is 14.7 Å². The van der Waals surface area contributed by atoms with Gasteiger partial charge in [-0.15, -0.1) is 0 Å². The van der Waals surface area contributed by atoms with E-state index < -0.39 is 6.04 Å². The molecule has 0 aliphatic rings. The smallest absolute Gasteiger partial charge is 0.241 e. The molecule has 1 aromatic heterocycles. The zero-order chi connectivity index (χ0) is 15.8. The molecule has 0 bridgehead atoms. The van der Waals surface area contributed by atoms with Crippen molar-refractivity contribution in [2.45, 2.75) is 46.7 Å². The lowest BCUT2D eigenvalue weighted by atomic mass is 9.99. The molecule has 0 aliphatic carbocycles. The summed E-state index contributed by atoms with van der Waals surface area (Å²) in [6, 6.07) is -0.478. The monoisotopic (exact) mass is 295 g/mol. The summed E-state index contributed by atoms with van der Waals surface area (Å²) >= 11 is 0. The minimum absolute atomic E-state index is 0.146. The van der Waals surface area contributed by atoms with Crippen LogP contribution in [0.4, 0.5) is 5.69 Å². The molecule has 0 aromatic carbocycles. The van der Waals surface area contributed by atoms with Crippen LogP contribution >= 0.6 is 0 Å². The molecule has 3 N–H and O–H groups in total. The largest absolute Gasteiger partial charge is 0.322 e. The second kappa shape index (κ2) is 8.79. The van der Waals surface area contributed by atoms with Gasteiger partial charge in [-0.2, -0.15) is 5.10 Å². The van der Waals surface area contributed by atoms with E-state index in [0.29, 0.717) is 5.69 Å². The first kappa shape index (κ1) is 17.7. The quantitative estimate of drug-likeness (QED) is 0.724. The molecule has 0 unspecified atom stereocenters. The molecule has 0 spiro atoms. The summed E-state index contributed by atoms with van der Waals surface area (Å²) < 4.78 is 1.85. The van der Waals surface area contributed by atoms with E-state index in [9.17, 15) is 4.79 Å². The van der Waals surface area contributed by atoms with Crippen molar-refractivity contribution in [2.75, 3.05) is 25.0 Å². The molecular weight excluding hydrogens is 266 g/mol. The summed E-state index contributed by atoms with van der Waals surface area (Å²) in [5, 5.41) is 7.10. The molecule has 1 amide bonds.